The van der Waals surface area contributed by atoms with Gasteiger partial charge in [-0.25, -0.2) is 4.98 Å². The molecule has 2 heterocycles. The zero-order chi connectivity index (χ0) is 13.2. The van der Waals surface area contributed by atoms with Crippen molar-refractivity contribution in [3.63, 3.8) is 0 Å². The van der Waals surface area contributed by atoms with Crippen molar-refractivity contribution < 1.29 is 14.6 Å². The summed E-state index contributed by atoms with van der Waals surface area (Å²) >= 11 is 1.31. The highest BCUT2D eigenvalue weighted by Gasteiger charge is 2.39. The Balaban J connectivity index is 1.81. The van der Waals surface area contributed by atoms with Gasteiger partial charge in [0.05, 0.1) is 18.2 Å². The summed E-state index contributed by atoms with van der Waals surface area (Å²) in [6.07, 6.45) is 0.463. The monoisotopic (exact) mass is 271 g/mol. The maximum atomic E-state index is 11.7. The van der Waals surface area contributed by atoms with E-state index in [1.165, 1.54) is 11.3 Å². The van der Waals surface area contributed by atoms with Crippen molar-refractivity contribution in [1.82, 2.24) is 10.3 Å². The predicted octanol–water partition coefficient (Wildman–Crippen LogP) is -0.0761. The highest BCUT2D eigenvalue weighted by molar-refractivity contribution is 7.13. The fourth-order valence-electron chi connectivity index (χ4n) is 1.89. The Morgan fingerprint density at radius 1 is 1.83 bits per heavy atom. The third-order valence-corrected chi connectivity index (χ3v) is 3.89. The van der Waals surface area contributed by atoms with Crippen LogP contribution in [0.25, 0.3) is 0 Å². The molecule has 0 aliphatic carbocycles. The van der Waals surface area contributed by atoms with Gasteiger partial charge in [-0.3, -0.25) is 4.79 Å². The van der Waals surface area contributed by atoms with E-state index in [0.29, 0.717) is 23.9 Å². The van der Waals surface area contributed by atoms with Gasteiger partial charge < -0.3 is 20.9 Å². The van der Waals surface area contributed by atoms with Crippen molar-refractivity contribution in [3.8, 4) is 0 Å². The first kappa shape index (κ1) is 13.3. The van der Waals surface area contributed by atoms with Crippen molar-refractivity contribution >= 4 is 22.4 Å². The average Bonchev–Trinajstić information content (AvgIpc) is 2.85. The number of ether oxygens (including phenoxy) is 1. The number of hydrogen-bond donors (Lipinski definition) is 3. The number of hydrogen-bond acceptors (Lipinski definition) is 6. The van der Waals surface area contributed by atoms with Gasteiger partial charge >= 0.3 is 0 Å². The number of anilines is 1. The minimum atomic E-state index is -0.962. The van der Waals surface area contributed by atoms with Gasteiger partial charge in [0.2, 0.25) is 5.91 Å². The summed E-state index contributed by atoms with van der Waals surface area (Å²) in [5.74, 6) is -0.173. The van der Waals surface area contributed by atoms with Crippen LogP contribution >= 0.6 is 11.3 Å². The van der Waals surface area contributed by atoms with E-state index >= 15 is 0 Å². The number of nitrogens with zero attached hydrogens (tertiary/aromatic N) is 1. The van der Waals surface area contributed by atoms with Crippen LogP contribution in [-0.4, -0.2) is 40.9 Å². The lowest BCUT2D eigenvalue weighted by Gasteiger charge is -2.26. The van der Waals surface area contributed by atoms with Crippen LogP contribution in [0.1, 0.15) is 19.0 Å². The zero-order valence-electron chi connectivity index (χ0n) is 10.2. The van der Waals surface area contributed by atoms with Crippen molar-refractivity contribution in [2.75, 3.05) is 18.9 Å². The van der Waals surface area contributed by atoms with E-state index in [2.05, 4.69) is 10.3 Å². The molecule has 1 fully saturated rings. The van der Waals surface area contributed by atoms with Gasteiger partial charge in [-0.1, -0.05) is 0 Å². The molecule has 6 nitrogen and oxygen atoms in total. The Bertz CT molecular complexity index is 437. The zero-order valence-corrected chi connectivity index (χ0v) is 11.0. The summed E-state index contributed by atoms with van der Waals surface area (Å²) in [5, 5.41) is 15.1. The second-order valence-corrected chi connectivity index (χ2v) is 5.39. The number of aliphatic hydroxyl groups is 1. The summed E-state index contributed by atoms with van der Waals surface area (Å²) in [6.45, 7) is 2.53. The molecular weight excluding hydrogens is 254 g/mol. The van der Waals surface area contributed by atoms with E-state index in [4.69, 9.17) is 10.5 Å². The molecule has 1 aliphatic rings. The van der Waals surface area contributed by atoms with Crippen LogP contribution in [0.15, 0.2) is 5.38 Å². The number of nitrogens with two attached hydrogens (primary N) is 1. The van der Waals surface area contributed by atoms with Crippen LogP contribution < -0.4 is 11.1 Å². The Morgan fingerprint density at radius 2 is 2.61 bits per heavy atom. The summed E-state index contributed by atoms with van der Waals surface area (Å²) in [5.41, 5.74) is 5.18. The van der Waals surface area contributed by atoms with Gasteiger partial charge in [0.15, 0.2) is 5.13 Å². The first-order valence-electron chi connectivity index (χ1n) is 5.80. The first-order chi connectivity index (χ1) is 8.49. The molecule has 0 radical (unpaired) electrons. The second-order valence-electron chi connectivity index (χ2n) is 4.50. The van der Waals surface area contributed by atoms with E-state index < -0.39 is 5.60 Å². The van der Waals surface area contributed by atoms with E-state index in [1.54, 1.807) is 12.3 Å². The van der Waals surface area contributed by atoms with Gasteiger partial charge in [0, 0.05) is 25.0 Å². The molecule has 2 atom stereocenters. The fraction of sp³-hybridized carbons (Fsp3) is 0.636. The summed E-state index contributed by atoms with van der Waals surface area (Å²) in [6, 6.07) is 0. The molecule has 4 N–H and O–H groups in total. The number of aromatic nitrogens is 1. The molecular formula is C11H17N3O3S. The van der Waals surface area contributed by atoms with E-state index in [0.717, 1.165) is 0 Å². The number of amides is 1. The van der Waals surface area contributed by atoms with Crippen LogP contribution in [0.3, 0.4) is 0 Å². The standard InChI is InChI=1S/C11H17N3O3S/c1-7-11(16,2-3-17-7)6-13-9(15)4-8-5-18-10(12)14-8/h5,7,16H,2-4,6H2,1H3,(H2,12,14)(H,13,15). The minimum Gasteiger partial charge on any atom is -0.385 e. The summed E-state index contributed by atoms with van der Waals surface area (Å²) in [4.78, 5) is 15.7. The molecule has 1 saturated heterocycles. The molecule has 100 valence electrons. The molecule has 2 unspecified atom stereocenters. The lowest BCUT2D eigenvalue weighted by molar-refractivity contribution is -0.122. The normalized spacial score (nSPS) is 27.3. The number of nitrogens with one attached hydrogen (secondary N) is 1. The minimum absolute atomic E-state index is 0.173. The molecule has 0 bridgehead atoms. The van der Waals surface area contributed by atoms with Gasteiger partial charge in [-0.15, -0.1) is 11.3 Å². The third-order valence-electron chi connectivity index (χ3n) is 3.16. The number of rotatable bonds is 4. The fourth-order valence-corrected chi connectivity index (χ4v) is 2.45. The second kappa shape index (κ2) is 5.21. The third kappa shape index (κ3) is 2.98. The number of carbonyl (C=O) groups is 1. The quantitative estimate of drug-likeness (QED) is 0.712. The van der Waals surface area contributed by atoms with Crippen LogP contribution in [0, 0.1) is 0 Å². The molecule has 2 rings (SSSR count). The van der Waals surface area contributed by atoms with Crippen molar-refractivity contribution in [2.45, 2.75) is 31.5 Å². The molecule has 0 saturated carbocycles. The van der Waals surface area contributed by atoms with Crippen molar-refractivity contribution in [2.24, 2.45) is 0 Å². The first-order valence-corrected chi connectivity index (χ1v) is 6.68. The van der Waals surface area contributed by atoms with Crippen LogP contribution in [0.2, 0.25) is 0 Å². The maximum absolute atomic E-state index is 11.7. The Labute approximate surface area is 109 Å². The average molecular weight is 271 g/mol. The summed E-state index contributed by atoms with van der Waals surface area (Å²) < 4.78 is 5.29. The maximum Gasteiger partial charge on any atom is 0.226 e. The van der Waals surface area contributed by atoms with Crippen molar-refractivity contribution in [1.29, 1.82) is 0 Å². The Hall–Kier alpha value is -1.18. The molecule has 1 aliphatic heterocycles. The van der Waals surface area contributed by atoms with Gasteiger partial charge in [-0.2, -0.15) is 0 Å². The lowest BCUT2D eigenvalue weighted by atomic mass is 9.97. The van der Waals surface area contributed by atoms with E-state index in [9.17, 15) is 9.90 Å². The molecule has 1 aromatic heterocycles. The molecule has 0 aromatic carbocycles. The predicted molar refractivity (Wildman–Crippen MR) is 68.2 cm³/mol. The highest BCUT2D eigenvalue weighted by atomic mass is 32.1. The largest absolute Gasteiger partial charge is 0.385 e. The topological polar surface area (TPSA) is 97.5 Å². The van der Waals surface area contributed by atoms with E-state index in [1.807, 2.05) is 0 Å². The van der Waals surface area contributed by atoms with Crippen LogP contribution in [-0.2, 0) is 16.0 Å². The Morgan fingerprint density at radius 3 is 3.17 bits per heavy atom. The molecule has 18 heavy (non-hydrogen) atoms. The summed E-state index contributed by atoms with van der Waals surface area (Å²) in [7, 11) is 0. The number of nitrogen functional groups attached to an aromatic ring is 1. The number of thiazole rings is 1. The van der Waals surface area contributed by atoms with Gasteiger partial charge in [0.25, 0.3) is 0 Å². The Kier molecular flexibility index (Phi) is 3.84. The van der Waals surface area contributed by atoms with Crippen LogP contribution in [0.4, 0.5) is 5.13 Å². The van der Waals surface area contributed by atoms with Crippen LogP contribution in [0.5, 0.6) is 0 Å². The van der Waals surface area contributed by atoms with Gasteiger partial charge in [-0.05, 0) is 6.92 Å². The number of carbonyl (C=O) groups excluding carboxylic acids is 1. The van der Waals surface area contributed by atoms with Gasteiger partial charge in [0.1, 0.15) is 5.60 Å². The molecule has 1 aromatic rings. The van der Waals surface area contributed by atoms with Crippen molar-refractivity contribution in [3.05, 3.63) is 11.1 Å². The lowest BCUT2D eigenvalue weighted by Crippen LogP contribution is -2.47. The SMILES string of the molecule is CC1OCCC1(O)CNC(=O)Cc1csc(N)n1. The molecule has 7 heteroatoms. The smallest absolute Gasteiger partial charge is 0.226 e. The van der Waals surface area contributed by atoms with E-state index in [-0.39, 0.29) is 25.0 Å². The molecule has 0 spiro atoms. The molecule has 1 amide bonds. The highest BCUT2D eigenvalue weighted by Crippen LogP contribution is 2.24.